The average Bonchev–Trinajstić information content (AvgIpc) is 1.97. The van der Waals surface area contributed by atoms with Gasteiger partial charge in [0.1, 0.15) is 5.60 Å². The van der Waals surface area contributed by atoms with Crippen molar-refractivity contribution in [2.45, 2.75) is 39.2 Å². The lowest BCUT2D eigenvalue weighted by Crippen LogP contribution is -2.27. The molecular weight excluding hydrogens is 276 g/mol. The Morgan fingerprint density at radius 2 is 1.88 bits per heavy atom. The van der Waals surface area contributed by atoms with Gasteiger partial charge in [0, 0.05) is 0 Å². The lowest BCUT2D eigenvalue weighted by molar-refractivity contribution is -0.159. The van der Waals surface area contributed by atoms with E-state index in [9.17, 15) is 9.59 Å². The Hall–Kier alpha value is -0.840. The monoisotopic (exact) mass is 292 g/mol. The highest BCUT2D eigenvalue weighted by Gasteiger charge is 2.25. The molecule has 5 heteroatoms. The summed E-state index contributed by atoms with van der Waals surface area (Å²) in [4.78, 5) is 22.3. The number of rotatable bonds is 5. The van der Waals surface area contributed by atoms with Gasteiger partial charge in [0.15, 0.2) is 0 Å². The van der Waals surface area contributed by atoms with Crippen LogP contribution in [0.5, 0.6) is 0 Å². The maximum Gasteiger partial charge on any atom is 0.307 e. The zero-order valence-electron chi connectivity index (χ0n) is 9.75. The second kappa shape index (κ2) is 6.03. The number of esters is 1. The SMILES string of the molecule is C=C(Br)C[C@H](CC(=O)OC(C)(C)C)C(=O)O. The van der Waals surface area contributed by atoms with Gasteiger partial charge in [0.2, 0.25) is 0 Å². The van der Waals surface area contributed by atoms with Crippen molar-refractivity contribution >= 4 is 27.9 Å². The topological polar surface area (TPSA) is 63.6 Å². The number of carbonyl (C=O) groups is 2. The second-order valence-electron chi connectivity index (χ2n) is 4.55. The fraction of sp³-hybridized carbons (Fsp3) is 0.636. The first-order valence-electron chi connectivity index (χ1n) is 4.89. The second-order valence-corrected chi connectivity index (χ2v) is 5.67. The minimum absolute atomic E-state index is 0.142. The first-order valence-corrected chi connectivity index (χ1v) is 5.69. The molecule has 0 aromatic heterocycles. The van der Waals surface area contributed by atoms with E-state index in [4.69, 9.17) is 9.84 Å². The van der Waals surface area contributed by atoms with Crippen LogP contribution in [0.25, 0.3) is 0 Å². The Balaban J connectivity index is 4.35. The number of aliphatic carboxylic acids is 1. The van der Waals surface area contributed by atoms with Crippen LogP contribution in [0.1, 0.15) is 33.6 Å². The van der Waals surface area contributed by atoms with E-state index in [1.54, 1.807) is 20.8 Å². The first kappa shape index (κ1) is 15.2. The number of hydrogen-bond acceptors (Lipinski definition) is 3. The number of halogens is 1. The summed E-state index contributed by atoms with van der Waals surface area (Å²) in [5.74, 6) is -2.32. The van der Waals surface area contributed by atoms with Gasteiger partial charge in [0.05, 0.1) is 12.3 Å². The summed E-state index contributed by atoms with van der Waals surface area (Å²) < 4.78 is 5.61. The number of ether oxygens (including phenoxy) is 1. The molecule has 1 atom stereocenters. The van der Waals surface area contributed by atoms with E-state index in [2.05, 4.69) is 22.5 Å². The fourth-order valence-corrected chi connectivity index (χ4v) is 1.49. The normalized spacial score (nSPS) is 13.0. The van der Waals surface area contributed by atoms with E-state index >= 15 is 0 Å². The molecule has 0 radical (unpaired) electrons. The number of carboxylic acid groups (broad SMARTS) is 1. The maximum atomic E-state index is 11.4. The Morgan fingerprint density at radius 3 is 2.19 bits per heavy atom. The molecule has 0 unspecified atom stereocenters. The van der Waals surface area contributed by atoms with Crippen LogP contribution in [0.4, 0.5) is 0 Å². The van der Waals surface area contributed by atoms with Gasteiger partial charge in [-0.25, -0.2) is 0 Å². The number of hydrogen-bond donors (Lipinski definition) is 1. The number of allylic oxidation sites excluding steroid dienone is 1. The van der Waals surface area contributed by atoms with Gasteiger partial charge in [-0.15, -0.1) is 0 Å². The Bertz CT molecular complexity index is 291. The number of carboxylic acids is 1. The molecule has 0 aliphatic carbocycles. The van der Waals surface area contributed by atoms with Gasteiger partial charge in [0.25, 0.3) is 0 Å². The van der Waals surface area contributed by atoms with Crippen LogP contribution in [-0.2, 0) is 14.3 Å². The van der Waals surface area contributed by atoms with Crippen LogP contribution in [0.15, 0.2) is 11.1 Å². The third kappa shape index (κ3) is 7.45. The molecular formula is C11H17BrO4. The van der Waals surface area contributed by atoms with Gasteiger partial charge in [-0.05, 0) is 31.7 Å². The summed E-state index contributed by atoms with van der Waals surface area (Å²) in [6.45, 7) is 8.78. The molecule has 92 valence electrons. The molecule has 0 aliphatic rings. The average molecular weight is 293 g/mol. The van der Waals surface area contributed by atoms with Crippen molar-refractivity contribution in [1.29, 1.82) is 0 Å². The van der Waals surface area contributed by atoms with Crippen LogP contribution >= 0.6 is 15.9 Å². The summed E-state index contributed by atoms with van der Waals surface area (Å²) in [5, 5.41) is 8.90. The third-order valence-electron chi connectivity index (χ3n) is 1.65. The van der Waals surface area contributed by atoms with Gasteiger partial charge in [-0.1, -0.05) is 22.5 Å². The quantitative estimate of drug-likeness (QED) is 0.792. The predicted molar refractivity (Wildman–Crippen MR) is 64.3 cm³/mol. The van der Waals surface area contributed by atoms with Gasteiger partial charge in [-0.3, -0.25) is 9.59 Å². The van der Waals surface area contributed by atoms with Crippen LogP contribution in [0, 0.1) is 5.92 Å². The summed E-state index contributed by atoms with van der Waals surface area (Å²) in [5.41, 5.74) is -0.592. The van der Waals surface area contributed by atoms with Crippen LogP contribution in [-0.4, -0.2) is 22.6 Å². The van der Waals surface area contributed by atoms with Crippen molar-refractivity contribution in [2.24, 2.45) is 5.92 Å². The zero-order valence-corrected chi connectivity index (χ0v) is 11.3. The van der Waals surface area contributed by atoms with Crippen LogP contribution in [0.2, 0.25) is 0 Å². The first-order chi connectivity index (χ1) is 7.11. The highest BCUT2D eigenvalue weighted by molar-refractivity contribution is 9.11. The van der Waals surface area contributed by atoms with Crippen LogP contribution in [0.3, 0.4) is 0 Å². The Kier molecular flexibility index (Phi) is 5.72. The molecule has 1 N–H and O–H groups in total. The van der Waals surface area contributed by atoms with Crippen molar-refractivity contribution in [1.82, 2.24) is 0 Å². The summed E-state index contributed by atoms with van der Waals surface area (Å²) in [6.07, 6.45) is 0.0752. The number of carbonyl (C=O) groups excluding carboxylic acids is 1. The molecule has 0 aromatic rings. The van der Waals surface area contributed by atoms with E-state index in [1.807, 2.05) is 0 Å². The molecule has 0 spiro atoms. The van der Waals surface area contributed by atoms with E-state index < -0.39 is 23.5 Å². The summed E-state index contributed by atoms with van der Waals surface area (Å²) >= 11 is 3.08. The minimum Gasteiger partial charge on any atom is -0.481 e. The highest BCUT2D eigenvalue weighted by atomic mass is 79.9. The van der Waals surface area contributed by atoms with Crippen molar-refractivity contribution < 1.29 is 19.4 Å². The lowest BCUT2D eigenvalue weighted by Gasteiger charge is -2.20. The van der Waals surface area contributed by atoms with Crippen molar-refractivity contribution in [3.63, 3.8) is 0 Å². The molecule has 0 rings (SSSR count). The minimum atomic E-state index is -1.02. The van der Waals surface area contributed by atoms with Gasteiger partial charge < -0.3 is 9.84 Å². The summed E-state index contributed by atoms with van der Waals surface area (Å²) in [6, 6.07) is 0. The van der Waals surface area contributed by atoms with Gasteiger partial charge >= 0.3 is 11.9 Å². The Morgan fingerprint density at radius 1 is 1.38 bits per heavy atom. The van der Waals surface area contributed by atoms with Crippen molar-refractivity contribution in [3.8, 4) is 0 Å². The molecule has 0 aliphatic heterocycles. The highest BCUT2D eigenvalue weighted by Crippen LogP contribution is 2.20. The largest absolute Gasteiger partial charge is 0.481 e. The van der Waals surface area contributed by atoms with E-state index in [0.29, 0.717) is 4.48 Å². The zero-order chi connectivity index (χ0) is 12.9. The lowest BCUT2D eigenvalue weighted by atomic mass is 10.0. The fourth-order valence-electron chi connectivity index (χ4n) is 1.10. The van der Waals surface area contributed by atoms with Crippen molar-refractivity contribution in [2.75, 3.05) is 0 Å². The predicted octanol–water partition coefficient (Wildman–Crippen LogP) is 2.72. The van der Waals surface area contributed by atoms with E-state index in [1.165, 1.54) is 0 Å². The molecule has 0 bridgehead atoms. The molecule has 0 heterocycles. The third-order valence-corrected chi connectivity index (χ3v) is 1.97. The van der Waals surface area contributed by atoms with Crippen molar-refractivity contribution in [3.05, 3.63) is 11.1 Å². The standard InChI is InChI=1S/C11H17BrO4/c1-7(12)5-8(10(14)15)6-9(13)16-11(2,3)4/h8H,1,5-6H2,2-4H3,(H,14,15)/t8-/m1/s1. The van der Waals surface area contributed by atoms with E-state index in [-0.39, 0.29) is 12.8 Å². The maximum absolute atomic E-state index is 11.4. The molecule has 16 heavy (non-hydrogen) atoms. The van der Waals surface area contributed by atoms with Gasteiger partial charge in [-0.2, -0.15) is 0 Å². The summed E-state index contributed by atoms with van der Waals surface area (Å²) in [7, 11) is 0. The van der Waals surface area contributed by atoms with E-state index in [0.717, 1.165) is 0 Å². The molecule has 0 saturated carbocycles. The molecule has 0 fully saturated rings. The molecule has 0 saturated heterocycles. The van der Waals surface area contributed by atoms with Crippen LogP contribution < -0.4 is 0 Å². The Labute approximate surface area is 104 Å². The molecule has 0 amide bonds. The molecule has 0 aromatic carbocycles. The molecule has 4 nitrogen and oxygen atoms in total. The smallest absolute Gasteiger partial charge is 0.307 e.